The van der Waals surface area contributed by atoms with Crippen molar-refractivity contribution in [3.05, 3.63) is 0 Å². The Morgan fingerprint density at radius 3 is 1.67 bits per heavy atom. The number of hydrogen-bond donors (Lipinski definition) is 10. The van der Waals surface area contributed by atoms with E-state index in [0.29, 0.717) is 0 Å². The standard InChI is InChI=1S/C19H35N9O8/c20-9(3-5-13(21)30)15(32)26-10(2-1-7-25-19(23)24)16(33)27-11(4-6-14(22)31)17(34)28-12(8-29)18(35)36/h9-12,29H,1-8,20H2,(H2,21,30)(H2,22,31)(H,26,32)(H,27,33)(H,28,34)(H,35,36)(H4,23,24,25). The van der Waals surface area contributed by atoms with Gasteiger partial charge in [0.15, 0.2) is 5.96 Å². The zero-order valence-corrected chi connectivity index (χ0v) is 19.6. The number of nitrogens with two attached hydrogens (primary N) is 5. The summed E-state index contributed by atoms with van der Waals surface area (Å²) in [7, 11) is 0. The number of primary amides is 2. The van der Waals surface area contributed by atoms with Crippen LogP contribution in [-0.2, 0) is 28.8 Å². The molecule has 0 saturated heterocycles. The predicted molar refractivity (Wildman–Crippen MR) is 125 cm³/mol. The molecule has 36 heavy (non-hydrogen) atoms. The summed E-state index contributed by atoms with van der Waals surface area (Å²) in [6, 6.07) is -5.51. The average Bonchev–Trinajstić information content (AvgIpc) is 2.79. The van der Waals surface area contributed by atoms with Gasteiger partial charge in [-0.25, -0.2) is 4.79 Å². The normalized spacial score (nSPS) is 13.8. The fraction of sp³-hybridized carbons (Fsp3) is 0.632. The van der Waals surface area contributed by atoms with Crippen molar-refractivity contribution in [2.75, 3.05) is 13.2 Å². The molecule has 4 atom stereocenters. The van der Waals surface area contributed by atoms with Crippen LogP contribution in [0, 0.1) is 0 Å². The second-order valence-electron chi connectivity index (χ2n) is 7.77. The first-order chi connectivity index (χ1) is 16.8. The van der Waals surface area contributed by atoms with E-state index in [1.165, 1.54) is 0 Å². The van der Waals surface area contributed by atoms with Crippen LogP contribution in [0.25, 0.3) is 0 Å². The molecule has 0 fully saturated rings. The van der Waals surface area contributed by atoms with Crippen LogP contribution in [0.2, 0.25) is 0 Å². The molecule has 204 valence electrons. The van der Waals surface area contributed by atoms with Crippen molar-refractivity contribution in [3.8, 4) is 0 Å². The van der Waals surface area contributed by atoms with Gasteiger partial charge in [-0.2, -0.15) is 0 Å². The van der Waals surface area contributed by atoms with Crippen molar-refractivity contribution in [1.82, 2.24) is 16.0 Å². The lowest BCUT2D eigenvalue weighted by atomic mass is 10.1. The van der Waals surface area contributed by atoms with Crippen molar-refractivity contribution >= 4 is 41.5 Å². The number of amides is 5. The lowest BCUT2D eigenvalue weighted by Gasteiger charge is -2.24. The molecule has 17 heteroatoms. The van der Waals surface area contributed by atoms with Crippen LogP contribution >= 0.6 is 0 Å². The Kier molecular flexibility index (Phi) is 14.8. The third-order valence-electron chi connectivity index (χ3n) is 4.73. The van der Waals surface area contributed by atoms with E-state index in [2.05, 4.69) is 15.6 Å². The van der Waals surface area contributed by atoms with Gasteiger partial charge in [-0.15, -0.1) is 0 Å². The van der Waals surface area contributed by atoms with Crippen molar-refractivity contribution in [3.63, 3.8) is 0 Å². The fourth-order valence-electron chi connectivity index (χ4n) is 2.77. The fourth-order valence-corrected chi connectivity index (χ4v) is 2.77. The summed E-state index contributed by atoms with van der Waals surface area (Å²) >= 11 is 0. The minimum Gasteiger partial charge on any atom is -0.480 e. The van der Waals surface area contributed by atoms with Gasteiger partial charge in [-0.1, -0.05) is 0 Å². The summed E-state index contributed by atoms with van der Waals surface area (Å²) in [5, 5.41) is 24.9. The number of nitrogens with zero attached hydrogens (tertiary/aromatic N) is 1. The second-order valence-corrected chi connectivity index (χ2v) is 7.77. The van der Waals surface area contributed by atoms with Gasteiger partial charge in [-0.05, 0) is 25.7 Å². The summed E-state index contributed by atoms with van der Waals surface area (Å²) in [6.07, 6.45) is -0.663. The van der Waals surface area contributed by atoms with Crippen LogP contribution in [-0.4, -0.2) is 89.0 Å². The van der Waals surface area contributed by atoms with Crippen LogP contribution in [0.15, 0.2) is 4.99 Å². The molecule has 0 aromatic heterocycles. The lowest BCUT2D eigenvalue weighted by Crippen LogP contribution is -2.57. The molecule has 0 spiro atoms. The highest BCUT2D eigenvalue weighted by Gasteiger charge is 2.30. The summed E-state index contributed by atoms with van der Waals surface area (Å²) in [5.74, 6) is -5.82. The summed E-state index contributed by atoms with van der Waals surface area (Å²) in [6.45, 7) is -0.817. The minimum atomic E-state index is -1.66. The summed E-state index contributed by atoms with van der Waals surface area (Å²) in [5.41, 5.74) is 26.4. The molecule has 0 rings (SSSR count). The average molecular weight is 518 g/mol. The van der Waals surface area contributed by atoms with Crippen LogP contribution < -0.4 is 44.6 Å². The molecule has 17 nitrogen and oxygen atoms in total. The Bertz CT molecular complexity index is 832. The SMILES string of the molecule is NC(=O)CCC(N)C(=O)NC(CCCN=C(N)N)C(=O)NC(CCC(N)=O)C(=O)NC(CO)C(=O)O. The van der Waals surface area contributed by atoms with Crippen LogP contribution in [0.5, 0.6) is 0 Å². The molecule has 0 aromatic rings. The molecule has 5 amide bonds. The Balaban J connectivity index is 5.59. The van der Waals surface area contributed by atoms with Crippen molar-refractivity contribution in [2.24, 2.45) is 33.7 Å². The first kappa shape index (κ1) is 32.0. The van der Waals surface area contributed by atoms with E-state index in [0.717, 1.165) is 0 Å². The number of aliphatic hydroxyl groups is 1. The number of aliphatic hydroxyl groups excluding tert-OH is 1. The van der Waals surface area contributed by atoms with Gasteiger partial charge in [0.2, 0.25) is 29.5 Å². The molecule has 0 aliphatic rings. The smallest absolute Gasteiger partial charge is 0.328 e. The quantitative estimate of drug-likeness (QED) is 0.0464. The topological polar surface area (TPSA) is 321 Å². The minimum absolute atomic E-state index is 0.00452. The highest BCUT2D eigenvalue weighted by Crippen LogP contribution is 2.05. The molecule has 0 aromatic carbocycles. The van der Waals surface area contributed by atoms with Crippen molar-refractivity contribution < 1.29 is 39.0 Å². The molecule has 4 unspecified atom stereocenters. The Morgan fingerprint density at radius 1 is 0.722 bits per heavy atom. The predicted octanol–water partition coefficient (Wildman–Crippen LogP) is -5.57. The van der Waals surface area contributed by atoms with E-state index in [-0.39, 0.29) is 51.0 Å². The highest BCUT2D eigenvalue weighted by atomic mass is 16.4. The zero-order chi connectivity index (χ0) is 27.8. The number of carboxylic acids is 1. The number of guanidine groups is 1. The number of aliphatic carboxylic acids is 1. The number of aliphatic imine (C=N–C) groups is 1. The highest BCUT2D eigenvalue weighted by molar-refractivity contribution is 5.94. The number of nitrogens with one attached hydrogen (secondary N) is 3. The van der Waals surface area contributed by atoms with Crippen molar-refractivity contribution in [1.29, 1.82) is 0 Å². The Morgan fingerprint density at radius 2 is 1.19 bits per heavy atom. The molecule has 0 aliphatic carbocycles. The largest absolute Gasteiger partial charge is 0.480 e. The van der Waals surface area contributed by atoms with Gasteiger partial charge in [0.1, 0.15) is 18.1 Å². The van der Waals surface area contributed by atoms with Crippen LogP contribution in [0.1, 0.15) is 38.5 Å². The first-order valence-corrected chi connectivity index (χ1v) is 10.9. The molecule has 15 N–H and O–H groups in total. The van der Waals surface area contributed by atoms with Crippen LogP contribution in [0.3, 0.4) is 0 Å². The molecular formula is C19H35N9O8. The monoisotopic (exact) mass is 517 g/mol. The van der Waals surface area contributed by atoms with E-state index in [4.69, 9.17) is 38.9 Å². The molecular weight excluding hydrogens is 482 g/mol. The number of carbonyl (C=O) groups is 6. The third-order valence-corrected chi connectivity index (χ3v) is 4.73. The second kappa shape index (κ2) is 16.6. The van der Waals surface area contributed by atoms with Gasteiger partial charge in [-0.3, -0.25) is 29.0 Å². The molecule has 0 aliphatic heterocycles. The Hall–Kier alpha value is -3.99. The maximum atomic E-state index is 13.0. The van der Waals surface area contributed by atoms with Gasteiger partial charge >= 0.3 is 5.97 Å². The van der Waals surface area contributed by atoms with Gasteiger partial charge in [0.25, 0.3) is 0 Å². The summed E-state index contributed by atoms with van der Waals surface area (Å²) in [4.78, 5) is 75.0. The van der Waals surface area contributed by atoms with Gasteiger partial charge in [0.05, 0.1) is 12.6 Å². The van der Waals surface area contributed by atoms with E-state index in [1.54, 1.807) is 0 Å². The van der Waals surface area contributed by atoms with Crippen LogP contribution in [0.4, 0.5) is 0 Å². The summed E-state index contributed by atoms with van der Waals surface area (Å²) < 4.78 is 0. The maximum absolute atomic E-state index is 13.0. The van der Waals surface area contributed by atoms with Crippen molar-refractivity contribution in [2.45, 2.75) is 62.7 Å². The molecule has 0 bridgehead atoms. The maximum Gasteiger partial charge on any atom is 0.328 e. The Labute approximate surface area is 206 Å². The third kappa shape index (κ3) is 13.7. The van der Waals surface area contributed by atoms with E-state index < -0.39 is 66.3 Å². The van der Waals surface area contributed by atoms with Gasteiger partial charge in [0, 0.05) is 19.4 Å². The lowest BCUT2D eigenvalue weighted by molar-refractivity contribution is -0.143. The van der Waals surface area contributed by atoms with E-state index in [9.17, 15) is 28.8 Å². The number of rotatable bonds is 18. The van der Waals surface area contributed by atoms with E-state index in [1.807, 2.05) is 5.32 Å². The van der Waals surface area contributed by atoms with Gasteiger partial charge < -0.3 is 54.8 Å². The number of carbonyl (C=O) groups excluding carboxylic acids is 5. The number of hydrogen-bond acceptors (Lipinski definition) is 9. The zero-order valence-electron chi connectivity index (χ0n) is 19.6. The molecule has 0 radical (unpaired) electrons. The molecule has 0 saturated carbocycles. The first-order valence-electron chi connectivity index (χ1n) is 10.9. The number of carboxylic acid groups (broad SMARTS) is 1. The van der Waals surface area contributed by atoms with E-state index >= 15 is 0 Å². The molecule has 0 heterocycles.